The van der Waals surface area contributed by atoms with Gasteiger partial charge >= 0.3 is 6.09 Å². The van der Waals surface area contributed by atoms with E-state index in [0.29, 0.717) is 18.6 Å². The highest BCUT2D eigenvalue weighted by atomic mass is 16.6. The molecule has 0 radical (unpaired) electrons. The van der Waals surface area contributed by atoms with Crippen LogP contribution in [0.5, 0.6) is 0 Å². The summed E-state index contributed by atoms with van der Waals surface area (Å²) in [6.45, 7) is 7.80. The molecule has 132 valence electrons. The minimum absolute atomic E-state index is 0.193. The Morgan fingerprint density at radius 1 is 1.33 bits per heavy atom. The highest BCUT2D eigenvalue weighted by Crippen LogP contribution is 2.37. The standard InChI is InChI=1S/C19H29N3O2/c1-19(2,3)24-18(23)21-10-6-8-15(12-21)17-11-14-7-4-5-9-16(14)22(17)13-20/h4-5,7,9,15,17H,6,8,10-13,20H2,1-3H3. The fourth-order valence-electron chi connectivity index (χ4n) is 3.95. The van der Waals surface area contributed by atoms with Crippen LogP contribution in [0.1, 0.15) is 39.2 Å². The van der Waals surface area contributed by atoms with Crippen LogP contribution >= 0.6 is 0 Å². The molecule has 1 aromatic rings. The Kier molecular flexibility index (Phi) is 4.72. The molecule has 0 spiro atoms. The van der Waals surface area contributed by atoms with Crippen LogP contribution in [0.4, 0.5) is 10.5 Å². The Labute approximate surface area is 144 Å². The molecule has 0 aromatic heterocycles. The number of carbonyl (C=O) groups excluding carboxylic acids is 1. The number of benzene rings is 1. The van der Waals surface area contributed by atoms with Gasteiger partial charge in [-0.2, -0.15) is 0 Å². The van der Waals surface area contributed by atoms with Crippen molar-refractivity contribution in [3.8, 4) is 0 Å². The first-order valence-electron chi connectivity index (χ1n) is 8.91. The smallest absolute Gasteiger partial charge is 0.410 e. The van der Waals surface area contributed by atoms with Crippen LogP contribution in [0.2, 0.25) is 0 Å². The van der Waals surface area contributed by atoms with Crippen LogP contribution in [0.25, 0.3) is 0 Å². The number of hydrogen-bond acceptors (Lipinski definition) is 4. The summed E-state index contributed by atoms with van der Waals surface area (Å²) in [6, 6.07) is 8.86. The number of rotatable bonds is 2. The molecule has 0 aliphatic carbocycles. The lowest BCUT2D eigenvalue weighted by Gasteiger charge is -2.39. The zero-order chi connectivity index (χ0) is 17.3. The molecule has 2 heterocycles. The summed E-state index contributed by atoms with van der Waals surface area (Å²) in [5, 5.41) is 0. The van der Waals surface area contributed by atoms with Crippen molar-refractivity contribution in [1.29, 1.82) is 0 Å². The van der Waals surface area contributed by atoms with Crippen molar-refractivity contribution in [3.05, 3.63) is 29.8 Å². The Balaban J connectivity index is 1.70. The number of piperidine rings is 1. The number of anilines is 1. The molecule has 2 N–H and O–H groups in total. The molecule has 1 fully saturated rings. The summed E-state index contributed by atoms with van der Waals surface area (Å²) < 4.78 is 5.55. The van der Waals surface area contributed by atoms with Gasteiger partial charge in [-0.1, -0.05) is 18.2 Å². The highest BCUT2D eigenvalue weighted by Gasteiger charge is 2.38. The normalized spacial score (nSPS) is 24.0. The van der Waals surface area contributed by atoms with Crippen molar-refractivity contribution in [1.82, 2.24) is 4.90 Å². The van der Waals surface area contributed by atoms with Crippen molar-refractivity contribution in [3.63, 3.8) is 0 Å². The monoisotopic (exact) mass is 331 g/mol. The van der Waals surface area contributed by atoms with Gasteiger partial charge in [0.25, 0.3) is 0 Å². The number of hydrogen-bond donors (Lipinski definition) is 1. The average Bonchev–Trinajstić information content (AvgIpc) is 2.92. The molecule has 3 rings (SSSR count). The summed E-state index contributed by atoms with van der Waals surface area (Å²) in [5.41, 5.74) is 8.21. The summed E-state index contributed by atoms with van der Waals surface area (Å²) in [5.74, 6) is 0.433. The van der Waals surface area contributed by atoms with Crippen molar-refractivity contribution < 1.29 is 9.53 Å². The molecule has 2 unspecified atom stereocenters. The zero-order valence-electron chi connectivity index (χ0n) is 15.0. The van der Waals surface area contributed by atoms with E-state index in [1.165, 1.54) is 11.3 Å². The molecule has 5 heteroatoms. The Bertz CT molecular complexity index is 597. The van der Waals surface area contributed by atoms with Gasteiger partial charge in [0, 0.05) is 24.8 Å². The molecular formula is C19H29N3O2. The lowest BCUT2D eigenvalue weighted by atomic mass is 9.88. The van der Waals surface area contributed by atoms with Gasteiger partial charge < -0.3 is 20.3 Å². The molecule has 24 heavy (non-hydrogen) atoms. The molecule has 1 aromatic carbocycles. The minimum atomic E-state index is -0.448. The summed E-state index contributed by atoms with van der Waals surface area (Å²) in [7, 11) is 0. The van der Waals surface area contributed by atoms with E-state index >= 15 is 0 Å². The molecule has 0 bridgehead atoms. The second-order valence-electron chi connectivity index (χ2n) is 7.88. The fraction of sp³-hybridized carbons (Fsp3) is 0.632. The van der Waals surface area contributed by atoms with Gasteiger partial charge in [-0.3, -0.25) is 0 Å². The lowest BCUT2D eigenvalue weighted by Crippen LogP contribution is -2.50. The molecule has 0 saturated carbocycles. The number of para-hydroxylation sites is 1. The van der Waals surface area contributed by atoms with Crippen molar-refractivity contribution in [2.24, 2.45) is 11.7 Å². The number of ether oxygens (including phenoxy) is 1. The number of carbonyl (C=O) groups is 1. The summed E-state index contributed by atoms with van der Waals surface area (Å²) in [6.07, 6.45) is 2.98. The van der Waals surface area contributed by atoms with Crippen LogP contribution in [-0.2, 0) is 11.2 Å². The van der Waals surface area contributed by atoms with Gasteiger partial charge in [-0.05, 0) is 57.6 Å². The summed E-state index contributed by atoms with van der Waals surface area (Å²) in [4.78, 5) is 16.6. The SMILES string of the molecule is CC(C)(C)OC(=O)N1CCCC(C2Cc3ccccc3N2CN)C1. The van der Waals surface area contributed by atoms with E-state index in [1.807, 2.05) is 25.7 Å². The van der Waals surface area contributed by atoms with E-state index in [9.17, 15) is 4.79 Å². The van der Waals surface area contributed by atoms with E-state index in [-0.39, 0.29) is 6.09 Å². The van der Waals surface area contributed by atoms with Crippen molar-refractivity contribution in [2.45, 2.75) is 51.7 Å². The molecule has 5 nitrogen and oxygen atoms in total. The second kappa shape index (κ2) is 6.63. The topological polar surface area (TPSA) is 58.8 Å². The van der Waals surface area contributed by atoms with Crippen molar-refractivity contribution in [2.75, 3.05) is 24.7 Å². The van der Waals surface area contributed by atoms with Crippen molar-refractivity contribution >= 4 is 11.8 Å². The Morgan fingerprint density at radius 3 is 2.79 bits per heavy atom. The van der Waals surface area contributed by atoms with Crippen LogP contribution < -0.4 is 10.6 Å². The average molecular weight is 331 g/mol. The predicted octanol–water partition coefficient (Wildman–Crippen LogP) is 2.98. The van der Waals surface area contributed by atoms with E-state index in [1.54, 1.807) is 0 Å². The first-order chi connectivity index (χ1) is 11.4. The predicted molar refractivity (Wildman–Crippen MR) is 96.0 cm³/mol. The summed E-state index contributed by atoms with van der Waals surface area (Å²) >= 11 is 0. The van der Waals surface area contributed by atoms with E-state index < -0.39 is 5.60 Å². The number of likely N-dealkylation sites (tertiary alicyclic amines) is 1. The number of nitrogens with zero attached hydrogens (tertiary/aromatic N) is 2. The molecule has 2 aliphatic rings. The lowest BCUT2D eigenvalue weighted by molar-refractivity contribution is 0.0152. The van der Waals surface area contributed by atoms with Crippen LogP contribution in [0.15, 0.2) is 24.3 Å². The minimum Gasteiger partial charge on any atom is -0.444 e. The third-order valence-electron chi connectivity index (χ3n) is 4.98. The Hall–Kier alpha value is -1.75. The molecule has 2 aliphatic heterocycles. The van der Waals surface area contributed by atoms with Crippen LogP contribution in [0.3, 0.4) is 0 Å². The Morgan fingerprint density at radius 2 is 2.08 bits per heavy atom. The zero-order valence-corrected chi connectivity index (χ0v) is 15.0. The number of amides is 1. The quantitative estimate of drug-likeness (QED) is 0.905. The van der Waals surface area contributed by atoms with Crippen LogP contribution in [0, 0.1) is 5.92 Å². The first kappa shape index (κ1) is 17.1. The first-order valence-corrected chi connectivity index (χ1v) is 8.91. The maximum absolute atomic E-state index is 12.4. The van der Waals surface area contributed by atoms with Crippen LogP contribution in [-0.4, -0.2) is 42.4 Å². The van der Waals surface area contributed by atoms with E-state index in [2.05, 4.69) is 29.2 Å². The molecule has 1 amide bonds. The second-order valence-corrected chi connectivity index (χ2v) is 7.88. The molecule has 1 saturated heterocycles. The maximum atomic E-state index is 12.4. The fourth-order valence-corrected chi connectivity index (χ4v) is 3.95. The largest absolute Gasteiger partial charge is 0.444 e. The van der Waals surface area contributed by atoms with Gasteiger partial charge in [0.05, 0.1) is 6.67 Å². The van der Waals surface area contributed by atoms with Gasteiger partial charge in [-0.15, -0.1) is 0 Å². The van der Waals surface area contributed by atoms with Gasteiger partial charge in [0.15, 0.2) is 0 Å². The third kappa shape index (κ3) is 3.51. The number of fused-ring (bicyclic) bond motifs is 1. The number of nitrogens with two attached hydrogens (primary N) is 1. The third-order valence-corrected chi connectivity index (χ3v) is 4.98. The van der Waals surface area contributed by atoms with E-state index in [0.717, 1.165) is 32.4 Å². The van der Waals surface area contributed by atoms with E-state index in [4.69, 9.17) is 10.5 Å². The van der Waals surface area contributed by atoms with Gasteiger partial charge in [-0.25, -0.2) is 4.79 Å². The highest BCUT2D eigenvalue weighted by molar-refractivity contribution is 5.68. The molecule has 2 atom stereocenters. The molecular weight excluding hydrogens is 302 g/mol. The maximum Gasteiger partial charge on any atom is 0.410 e. The van der Waals surface area contributed by atoms with Gasteiger partial charge in [0.1, 0.15) is 5.60 Å². The van der Waals surface area contributed by atoms with Gasteiger partial charge in [0.2, 0.25) is 0 Å².